The molecule has 122 valence electrons. The number of piperazine rings is 1. The molecule has 0 bridgehead atoms. The molecule has 5 nitrogen and oxygen atoms in total. The van der Waals surface area contributed by atoms with Crippen LogP contribution in [0.4, 0.5) is 0 Å². The average molecular weight is 314 g/mol. The van der Waals surface area contributed by atoms with Gasteiger partial charge in [0.15, 0.2) is 0 Å². The van der Waals surface area contributed by atoms with Crippen LogP contribution in [0.2, 0.25) is 0 Å². The smallest absolute Gasteiger partial charge is 0.0901 e. The number of thiocarbonyl (C=S) groups is 1. The van der Waals surface area contributed by atoms with Crippen LogP contribution in [0.5, 0.6) is 0 Å². The Kier molecular flexibility index (Phi) is 6.82. The highest BCUT2D eigenvalue weighted by atomic mass is 32.1. The van der Waals surface area contributed by atoms with E-state index in [-0.39, 0.29) is 6.04 Å². The Bertz CT molecular complexity index is 334. The molecular formula is C15H30N4OS. The highest BCUT2D eigenvalue weighted by Crippen LogP contribution is 2.12. The Labute approximate surface area is 134 Å². The van der Waals surface area contributed by atoms with Crippen LogP contribution in [0.3, 0.4) is 0 Å². The number of nitrogens with two attached hydrogens (primary N) is 1. The molecule has 2 rings (SSSR count). The van der Waals surface area contributed by atoms with E-state index in [1.54, 1.807) is 0 Å². The summed E-state index contributed by atoms with van der Waals surface area (Å²) in [6, 6.07) is 0.267. The molecule has 0 spiro atoms. The summed E-state index contributed by atoms with van der Waals surface area (Å²) in [5.41, 5.74) is 5.84. The van der Waals surface area contributed by atoms with Gasteiger partial charge in [-0.1, -0.05) is 26.1 Å². The first-order valence-corrected chi connectivity index (χ1v) is 8.64. The molecule has 0 radical (unpaired) electrons. The van der Waals surface area contributed by atoms with E-state index >= 15 is 0 Å². The van der Waals surface area contributed by atoms with Gasteiger partial charge in [-0.25, -0.2) is 0 Å². The average Bonchev–Trinajstić information content (AvgIpc) is 2.49. The molecule has 0 aromatic carbocycles. The first-order valence-electron chi connectivity index (χ1n) is 8.23. The van der Waals surface area contributed by atoms with Gasteiger partial charge < -0.3 is 10.5 Å². The Hall–Kier alpha value is -0.270. The van der Waals surface area contributed by atoms with Crippen molar-refractivity contribution in [2.24, 2.45) is 5.73 Å². The summed E-state index contributed by atoms with van der Waals surface area (Å²) >= 11 is 5.18. The van der Waals surface area contributed by atoms with E-state index in [4.69, 9.17) is 22.7 Å². The molecule has 21 heavy (non-hydrogen) atoms. The van der Waals surface area contributed by atoms with Crippen molar-refractivity contribution in [3.8, 4) is 0 Å². The fourth-order valence-electron chi connectivity index (χ4n) is 3.36. The second kappa shape index (κ2) is 8.39. The van der Waals surface area contributed by atoms with Crippen molar-refractivity contribution in [2.45, 2.75) is 32.4 Å². The number of morpholine rings is 1. The maximum Gasteiger partial charge on any atom is 0.0901 e. The lowest BCUT2D eigenvalue weighted by molar-refractivity contribution is -0.0473. The van der Waals surface area contributed by atoms with Gasteiger partial charge in [-0.15, -0.1) is 0 Å². The van der Waals surface area contributed by atoms with Crippen LogP contribution in [0.15, 0.2) is 0 Å². The monoisotopic (exact) mass is 314 g/mol. The second-order valence-corrected chi connectivity index (χ2v) is 6.52. The lowest BCUT2D eigenvalue weighted by Gasteiger charge is -2.41. The number of likely N-dealkylation sites (N-methyl/N-ethyl adjacent to an activating group) is 1. The molecule has 6 heteroatoms. The van der Waals surface area contributed by atoms with E-state index in [1.807, 2.05) is 0 Å². The van der Waals surface area contributed by atoms with Crippen molar-refractivity contribution >= 4 is 17.2 Å². The zero-order valence-corrected chi connectivity index (χ0v) is 14.3. The maximum atomic E-state index is 5.91. The normalized spacial score (nSPS) is 27.6. The number of hydrogen-bond donors (Lipinski definition) is 1. The third kappa shape index (κ3) is 4.86. The highest BCUT2D eigenvalue weighted by Gasteiger charge is 2.27. The van der Waals surface area contributed by atoms with Crippen molar-refractivity contribution in [3.05, 3.63) is 0 Å². The minimum absolute atomic E-state index is 0.267. The van der Waals surface area contributed by atoms with Crippen LogP contribution >= 0.6 is 12.2 Å². The third-order valence-electron chi connectivity index (χ3n) is 4.69. The van der Waals surface area contributed by atoms with Gasteiger partial charge in [0.1, 0.15) is 0 Å². The minimum Gasteiger partial charge on any atom is -0.392 e. The summed E-state index contributed by atoms with van der Waals surface area (Å²) in [7, 11) is 0. The molecule has 0 amide bonds. The molecule has 2 aliphatic rings. The van der Waals surface area contributed by atoms with Gasteiger partial charge in [-0.2, -0.15) is 0 Å². The van der Waals surface area contributed by atoms with Crippen molar-refractivity contribution < 1.29 is 4.74 Å². The van der Waals surface area contributed by atoms with Gasteiger partial charge in [-0.05, 0) is 13.0 Å². The van der Waals surface area contributed by atoms with Crippen LogP contribution in [0, 0.1) is 0 Å². The molecule has 2 atom stereocenters. The number of nitrogens with zero attached hydrogens (tertiary/aromatic N) is 3. The largest absolute Gasteiger partial charge is 0.392 e. The first kappa shape index (κ1) is 17.1. The zero-order valence-electron chi connectivity index (χ0n) is 13.5. The topological polar surface area (TPSA) is 45.0 Å². The van der Waals surface area contributed by atoms with E-state index < -0.39 is 0 Å². The van der Waals surface area contributed by atoms with Crippen LogP contribution < -0.4 is 5.73 Å². The van der Waals surface area contributed by atoms with Gasteiger partial charge in [-0.3, -0.25) is 14.7 Å². The van der Waals surface area contributed by atoms with Gasteiger partial charge in [0, 0.05) is 45.8 Å². The Morgan fingerprint density at radius 2 is 1.90 bits per heavy atom. The van der Waals surface area contributed by atoms with Gasteiger partial charge in [0.25, 0.3) is 0 Å². The Morgan fingerprint density at radius 1 is 1.19 bits per heavy atom. The molecule has 0 aromatic rings. The van der Waals surface area contributed by atoms with Crippen LogP contribution in [-0.2, 0) is 4.74 Å². The maximum absolute atomic E-state index is 5.91. The predicted molar refractivity (Wildman–Crippen MR) is 90.7 cm³/mol. The Balaban J connectivity index is 1.75. The third-order valence-corrected chi connectivity index (χ3v) is 4.97. The van der Waals surface area contributed by atoms with Crippen LogP contribution in [-0.4, -0.2) is 90.8 Å². The molecule has 0 saturated carbocycles. The summed E-state index contributed by atoms with van der Waals surface area (Å²) in [6.45, 7) is 13.9. The molecule has 0 aliphatic carbocycles. The summed E-state index contributed by atoms with van der Waals surface area (Å²) in [5, 5.41) is 0. The van der Waals surface area contributed by atoms with Crippen molar-refractivity contribution in [2.75, 3.05) is 59.0 Å². The van der Waals surface area contributed by atoms with Crippen molar-refractivity contribution in [1.82, 2.24) is 14.7 Å². The molecule has 2 heterocycles. The Morgan fingerprint density at radius 3 is 2.48 bits per heavy atom. The molecular weight excluding hydrogens is 284 g/mol. The fourth-order valence-corrected chi connectivity index (χ4v) is 3.68. The molecule has 2 aliphatic heterocycles. The van der Waals surface area contributed by atoms with E-state index in [1.165, 1.54) is 0 Å². The quantitative estimate of drug-likeness (QED) is 0.716. The van der Waals surface area contributed by atoms with Gasteiger partial charge >= 0.3 is 0 Å². The van der Waals surface area contributed by atoms with Crippen molar-refractivity contribution in [1.29, 1.82) is 0 Å². The molecule has 2 saturated heterocycles. The van der Waals surface area contributed by atoms with E-state index in [0.29, 0.717) is 11.1 Å². The SMILES string of the molecule is CCC(C(N)=S)N1CCN(CC2CN(CC)CCO2)CC1. The van der Waals surface area contributed by atoms with Gasteiger partial charge in [0.2, 0.25) is 0 Å². The molecule has 2 N–H and O–H groups in total. The number of rotatable bonds is 6. The lowest BCUT2D eigenvalue weighted by Crippen LogP contribution is -2.56. The number of ether oxygens (including phenoxy) is 1. The highest BCUT2D eigenvalue weighted by molar-refractivity contribution is 7.80. The summed E-state index contributed by atoms with van der Waals surface area (Å²) < 4.78 is 5.91. The summed E-state index contributed by atoms with van der Waals surface area (Å²) in [5.74, 6) is 0. The minimum atomic E-state index is 0.267. The lowest BCUT2D eigenvalue weighted by atomic mass is 10.1. The summed E-state index contributed by atoms with van der Waals surface area (Å²) in [4.78, 5) is 8.07. The van der Waals surface area contributed by atoms with E-state index in [9.17, 15) is 0 Å². The van der Waals surface area contributed by atoms with Crippen LogP contribution in [0.25, 0.3) is 0 Å². The van der Waals surface area contributed by atoms with E-state index in [0.717, 1.165) is 65.4 Å². The van der Waals surface area contributed by atoms with E-state index in [2.05, 4.69) is 28.5 Å². The number of hydrogen-bond acceptors (Lipinski definition) is 5. The van der Waals surface area contributed by atoms with Crippen molar-refractivity contribution in [3.63, 3.8) is 0 Å². The summed E-state index contributed by atoms with van der Waals surface area (Å²) in [6.07, 6.45) is 1.37. The molecule has 0 aromatic heterocycles. The first-order chi connectivity index (χ1) is 10.1. The predicted octanol–water partition coefficient (Wildman–Crippen LogP) is 0.389. The zero-order chi connectivity index (χ0) is 15.2. The molecule has 2 unspecified atom stereocenters. The standard InChI is InChI=1S/C15H30N4OS/c1-3-14(15(16)21)19-7-5-18(6-8-19)12-13-11-17(4-2)9-10-20-13/h13-14H,3-12H2,1-2H3,(H2,16,21). The molecule has 2 fully saturated rings. The van der Waals surface area contributed by atoms with Crippen LogP contribution in [0.1, 0.15) is 20.3 Å². The second-order valence-electron chi connectivity index (χ2n) is 6.05. The fraction of sp³-hybridized carbons (Fsp3) is 0.933. The van der Waals surface area contributed by atoms with Gasteiger partial charge in [0.05, 0.1) is 23.7 Å².